The lowest BCUT2D eigenvalue weighted by molar-refractivity contribution is 0.0955. The first-order valence-electron chi connectivity index (χ1n) is 5.60. The van der Waals surface area contributed by atoms with Gasteiger partial charge in [0.05, 0.1) is 12.1 Å². The lowest BCUT2D eigenvalue weighted by Gasteiger charge is -2.32. The third-order valence-corrected chi connectivity index (χ3v) is 2.95. The Balaban J connectivity index is 2.07. The Morgan fingerprint density at radius 3 is 2.88 bits per heavy atom. The van der Waals surface area contributed by atoms with Crippen molar-refractivity contribution < 1.29 is 9.52 Å². The molecule has 0 bridgehead atoms. The maximum absolute atomic E-state index is 9.62. The topological polar surface area (TPSA) is 88.4 Å². The number of piperidine rings is 1. The molecule has 0 radical (unpaired) electrons. The number of anilines is 1. The minimum atomic E-state index is -0.242. The quantitative estimate of drug-likeness (QED) is 0.753. The Hall–Kier alpha value is -1.14. The van der Waals surface area contributed by atoms with Crippen molar-refractivity contribution in [1.82, 2.24) is 10.2 Å². The number of hydrogen-bond acceptors (Lipinski definition) is 6. The number of aromatic nitrogens is 2. The second kappa shape index (κ2) is 4.39. The van der Waals surface area contributed by atoms with E-state index in [1.165, 1.54) is 0 Å². The predicted octanol–water partition coefficient (Wildman–Crippen LogP) is 0.296. The van der Waals surface area contributed by atoms with Gasteiger partial charge in [-0.25, -0.2) is 0 Å². The number of hydrogen-bond donors (Lipinski definition) is 2. The number of rotatable bonds is 2. The molecule has 1 aliphatic heterocycles. The molecule has 2 rings (SSSR count). The van der Waals surface area contributed by atoms with Gasteiger partial charge in [-0.3, -0.25) is 0 Å². The zero-order chi connectivity index (χ0) is 11.7. The Morgan fingerprint density at radius 1 is 1.56 bits per heavy atom. The van der Waals surface area contributed by atoms with Crippen LogP contribution in [0.15, 0.2) is 4.42 Å². The van der Waals surface area contributed by atoms with Gasteiger partial charge in [0.1, 0.15) is 0 Å². The van der Waals surface area contributed by atoms with Crippen molar-refractivity contribution in [2.75, 3.05) is 18.0 Å². The fourth-order valence-corrected chi connectivity index (χ4v) is 1.85. The SMILES string of the molecule is CC(N)c1nnc(N2CCC(O)C(C)C2)o1. The third-order valence-electron chi connectivity index (χ3n) is 2.95. The first kappa shape index (κ1) is 11.3. The first-order valence-corrected chi connectivity index (χ1v) is 5.60. The molecule has 2 heterocycles. The third kappa shape index (κ3) is 2.17. The molecule has 0 aliphatic carbocycles. The highest BCUT2D eigenvalue weighted by Crippen LogP contribution is 2.23. The Kier molecular flexibility index (Phi) is 3.11. The molecule has 0 aromatic carbocycles. The van der Waals surface area contributed by atoms with Gasteiger partial charge in [-0.05, 0) is 19.3 Å². The second-order valence-electron chi connectivity index (χ2n) is 4.49. The molecule has 6 heteroatoms. The highest BCUT2D eigenvalue weighted by atomic mass is 16.4. The van der Waals surface area contributed by atoms with Crippen LogP contribution in [0.4, 0.5) is 6.01 Å². The van der Waals surface area contributed by atoms with Crippen LogP contribution in [0, 0.1) is 5.92 Å². The molecular weight excluding hydrogens is 208 g/mol. The zero-order valence-electron chi connectivity index (χ0n) is 9.63. The van der Waals surface area contributed by atoms with E-state index in [-0.39, 0.29) is 18.1 Å². The summed E-state index contributed by atoms with van der Waals surface area (Å²) in [5, 5.41) is 17.5. The second-order valence-corrected chi connectivity index (χ2v) is 4.49. The van der Waals surface area contributed by atoms with E-state index in [4.69, 9.17) is 10.2 Å². The van der Waals surface area contributed by atoms with Crippen LogP contribution in [-0.2, 0) is 0 Å². The molecule has 1 aromatic heterocycles. The van der Waals surface area contributed by atoms with Crippen molar-refractivity contribution in [1.29, 1.82) is 0 Å². The highest BCUT2D eigenvalue weighted by Gasteiger charge is 2.27. The van der Waals surface area contributed by atoms with Crippen molar-refractivity contribution in [3.63, 3.8) is 0 Å². The maximum Gasteiger partial charge on any atom is 0.318 e. The monoisotopic (exact) mass is 226 g/mol. The van der Waals surface area contributed by atoms with Crippen LogP contribution >= 0.6 is 0 Å². The molecule has 3 atom stereocenters. The molecule has 0 amide bonds. The van der Waals surface area contributed by atoms with E-state index < -0.39 is 0 Å². The molecule has 1 aliphatic rings. The first-order chi connectivity index (χ1) is 7.58. The summed E-state index contributed by atoms with van der Waals surface area (Å²) < 4.78 is 5.47. The maximum atomic E-state index is 9.62. The molecule has 6 nitrogen and oxygen atoms in total. The molecule has 90 valence electrons. The van der Waals surface area contributed by atoms with Gasteiger partial charge in [-0.2, -0.15) is 0 Å². The average molecular weight is 226 g/mol. The van der Waals surface area contributed by atoms with Gasteiger partial charge in [0.15, 0.2) is 0 Å². The van der Waals surface area contributed by atoms with E-state index >= 15 is 0 Å². The lowest BCUT2D eigenvalue weighted by Crippen LogP contribution is -2.42. The van der Waals surface area contributed by atoms with Crippen molar-refractivity contribution in [3.05, 3.63) is 5.89 Å². The van der Waals surface area contributed by atoms with E-state index in [0.29, 0.717) is 11.9 Å². The van der Waals surface area contributed by atoms with Crippen molar-refractivity contribution in [3.8, 4) is 0 Å². The van der Waals surface area contributed by atoms with Gasteiger partial charge in [0.2, 0.25) is 5.89 Å². The van der Waals surface area contributed by atoms with Crippen LogP contribution in [0.5, 0.6) is 0 Å². The molecule has 0 saturated carbocycles. The normalized spacial score (nSPS) is 28.1. The average Bonchev–Trinajstić information content (AvgIpc) is 2.71. The van der Waals surface area contributed by atoms with Crippen molar-refractivity contribution in [2.45, 2.75) is 32.4 Å². The number of aliphatic hydroxyl groups excluding tert-OH is 1. The molecule has 3 unspecified atom stereocenters. The fraction of sp³-hybridized carbons (Fsp3) is 0.800. The smallest absolute Gasteiger partial charge is 0.318 e. The van der Waals surface area contributed by atoms with Crippen LogP contribution in [0.3, 0.4) is 0 Å². The highest BCUT2D eigenvalue weighted by molar-refractivity contribution is 5.25. The van der Waals surface area contributed by atoms with Crippen LogP contribution in [0.1, 0.15) is 32.2 Å². The molecule has 1 aromatic rings. The number of nitrogens with two attached hydrogens (primary N) is 1. The molecular formula is C10H18N4O2. The summed E-state index contributed by atoms with van der Waals surface area (Å²) in [6.07, 6.45) is 0.504. The Labute approximate surface area is 94.4 Å². The van der Waals surface area contributed by atoms with E-state index in [1.807, 2.05) is 11.8 Å². The van der Waals surface area contributed by atoms with Gasteiger partial charge < -0.3 is 20.2 Å². The summed E-state index contributed by atoms with van der Waals surface area (Å²) >= 11 is 0. The summed E-state index contributed by atoms with van der Waals surface area (Å²) in [5.74, 6) is 0.674. The molecule has 0 spiro atoms. The van der Waals surface area contributed by atoms with E-state index in [1.54, 1.807) is 6.92 Å². The lowest BCUT2D eigenvalue weighted by atomic mass is 9.97. The van der Waals surface area contributed by atoms with Gasteiger partial charge in [-0.15, -0.1) is 5.10 Å². The van der Waals surface area contributed by atoms with Crippen LogP contribution in [0.2, 0.25) is 0 Å². The van der Waals surface area contributed by atoms with Crippen LogP contribution < -0.4 is 10.6 Å². The van der Waals surface area contributed by atoms with E-state index in [2.05, 4.69) is 10.2 Å². The Bertz CT molecular complexity index is 352. The summed E-state index contributed by atoms with van der Waals surface area (Å²) in [6, 6.07) is 0.264. The predicted molar refractivity (Wildman–Crippen MR) is 58.9 cm³/mol. The van der Waals surface area contributed by atoms with E-state index in [0.717, 1.165) is 19.5 Å². The number of nitrogens with zero attached hydrogens (tertiary/aromatic N) is 3. The molecule has 16 heavy (non-hydrogen) atoms. The fourth-order valence-electron chi connectivity index (χ4n) is 1.85. The van der Waals surface area contributed by atoms with Crippen molar-refractivity contribution >= 4 is 6.01 Å². The molecule has 1 saturated heterocycles. The summed E-state index contributed by atoms with van der Waals surface area (Å²) in [6.45, 7) is 5.30. The molecule has 1 fully saturated rings. The van der Waals surface area contributed by atoms with Gasteiger partial charge >= 0.3 is 6.01 Å². The summed E-state index contributed by atoms with van der Waals surface area (Å²) in [4.78, 5) is 2.00. The Morgan fingerprint density at radius 2 is 2.31 bits per heavy atom. The standard InChI is InChI=1S/C10H18N4O2/c1-6-5-14(4-3-8(6)15)10-13-12-9(16-10)7(2)11/h6-8,15H,3-5,11H2,1-2H3. The summed E-state index contributed by atoms with van der Waals surface area (Å²) in [5.41, 5.74) is 5.65. The largest absolute Gasteiger partial charge is 0.406 e. The zero-order valence-corrected chi connectivity index (χ0v) is 9.63. The van der Waals surface area contributed by atoms with Gasteiger partial charge in [0.25, 0.3) is 0 Å². The summed E-state index contributed by atoms with van der Waals surface area (Å²) in [7, 11) is 0. The van der Waals surface area contributed by atoms with E-state index in [9.17, 15) is 5.11 Å². The van der Waals surface area contributed by atoms with Crippen LogP contribution in [0.25, 0.3) is 0 Å². The molecule has 3 N–H and O–H groups in total. The minimum Gasteiger partial charge on any atom is -0.406 e. The van der Waals surface area contributed by atoms with Crippen LogP contribution in [-0.4, -0.2) is 34.5 Å². The van der Waals surface area contributed by atoms with Gasteiger partial charge in [0, 0.05) is 13.1 Å². The minimum absolute atomic E-state index is 0.222. The number of aliphatic hydroxyl groups is 1. The van der Waals surface area contributed by atoms with Gasteiger partial charge in [-0.1, -0.05) is 12.0 Å². The van der Waals surface area contributed by atoms with Crippen molar-refractivity contribution in [2.24, 2.45) is 11.7 Å².